The molecule has 0 saturated heterocycles. The van der Waals surface area contributed by atoms with Crippen LogP contribution in [0.3, 0.4) is 0 Å². The quantitative estimate of drug-likeness (QED) is 0.789. The lowest BCUT2D eigenvalue weighted by molar-refractivity contribution is -0.117. The number of halogens is 1. The van der Waals surface area contributed by atoms with Gasteiger partial charge in [0.2, 0.25) is 15.9 Å². The molecular weight excluding hydrogens is 347 g/mol. The average Bonchev–Trinajstić information content (AvgIpc) is 2.57. The maximum Gasteiger partial charge on any atom is 0.242 e. The SMILES string of the molecule is CCOc1ccccc1NC(=O)C(C)NS(=O)(=O)c1ccc(F)cc1. The second-order valence-corrected chi connectivity index (χ2v) is 6.93. The van der Waals surface area contributed by atoms with Crippen LogP contribution in [-0.4, -0.2) is 27.0 Å². The van der Waals surface area contributed by atoms with Gasteiger partial charge in [-0.25, -0.2) is 12.8 Å². The van der Waals surface area contributed by atoms with Crippen molar-refractivity contribution in [2.24, 2.45) is 0 Å². The first kappa shape index (κ1) is 18.9. The Hall–Kier alpha value is -2.45. The minimum Gasteiger partial charge on any atom is -0.492 e. The molecule has 0 aliphatic rings. The maximum atomic E-state index is 12.9. The standard InChI is InChI=1S/C17H19FN2O4S/c1-3-24-16-7-5-4-6-15(16)19-17(21)12(2)20-25(22,23)14-10-8-13(18)9-11-14/h4-12,20H,3H2,1-2H3,(H,19,21). The summed E-state index contributed by atoms with van der Waals surface area (Å²) in [6.45, 7) is 3.66. The Bertz CT molecular complexity index is 838. The number of ether oxygens (including phenoxy) is 1. The largest absolute Gasteiger partial charge is 0.492 e. The van der Waals surface area contributed by atoms with E-state index in [0.29, 0.717) is 18.0 Å². The number of carbonyl (C=O) groups is 1. The molecule has 0 aromatic heterocycles. The van der Waals surface area contributed by atoms with Crippen LogP contribution in [0.15, 0.2) is 53.4 Å². The van der Waals surface area contributed by atoms with Crippen molar-refractivity contribution in [1.82, 2.24) is 4.72 Å². The van der Waals surface area contributed by atoms with Gasteiger partial charge in [-0.3, -0.25) is 4.79 Å². The Labute approximate surface area is 146 Å². The molecule has 6 nitrogen and oxygen atoms in total. The van der Waals surface area contributed by atoms with Gasteiger partial charge in [-0.2, -0.15) is 4.72 Å². The third-order valence-corrected chi connectivity index (χ3v) is 4.85. The summed E-state index contributed by atoms with van der Waals surface area (Å²) in [6, 6.07) is 10.2. The number of carbonyl (C=O) groups excluding carboxylic acids is 1. The zero-order chi connectivity index (χ0) is 18.4. The Morgan fingerprint density at radius 2 is 1.80 bits per heavy atom. The number of anilines is 1. The van der Waals surface area contributed by atoms with Crippen molar-refractivity contribution in [3.8, 4) is 5.75 Å². The highest BCUT2D eigenvalue weighted by Crippen LogP contribution is 2.23. The van der Waals surface area contributed by atoms with Crippen molar-refractivity contribution in [2.75, 3.05) is 11.9 Å². The lowest BCUT2D eigenvalue weighted by atomic mass is 10.2. The van der Waals surface area contributed by atoms with Gasteiger partial charge in [0, 0.05) is 0 Å². The van der Waals surface area contributed by atoms with Gasteiger partial charge in [-0.05, 0) is 50.2 Å². The van der Waals surface area contributed by atoms with Crippen molar-refractivity contribution in [1.29, 1.82) is 0 Å². The Morgan fingerprint density at radius 1 is 1.16 bits per heavy atom. The fourth-order valence-electron chi connectivity index (χ4n) is 2.06. The van der Waals surface area contributed by atoms with Crippen LogP contribution in [0.25, 0.3) is 0 Å². The second kappa shape index (κ2) is 8.09. The smallest absolute Gasteiger partial charge is 0.242 e. The van der Waals surface area contributed by atoms with Crippen LogP contribution in [0.4, 0.5) is 10.1 Å². The highest BCUT2D eigenvalue weighted by Gasteiger charge is 2.22. The molecule has 1 unspecified atom stereocenters. The van der Waals surface area contributed by atoms with Crippen LogP contribution in [0.2, 0.25) is 0 Å². The van der Waals surface area contributed by atoms with Gasteiger partial charge >= 0.3 is 0 Å². The van der Waals surface area contributed by atoms with Crippen molar-refractivity contribution < 1.29 is 22.3 Å². The number of amides is 1. The molecule has 0 spiro atoms. The first-order chi connectivity index (χ1) is 11.8. The van der Waals surface area contributed by atoms with E-state index in [0.717, 1.165) is 24.3 Å². The molecule has 0 bridgehead atoms. The monoisotopic (exact) mass is 366 g/mol. The molecule has 2 N–H and O–H groups in total. The third-order valence-electron chi connectivity index (χ3n) is 3.29. The van der Waals surface area contributed by atoms with E-state index < -0.39 is 27.8 Å². The van der Waals surface area contributed by atoms with Gasteiger partial charge in [0.1, 0.15) is 11.6 Å². The van der Waals surface area contributed by atoms with Gasteiger partial charge in [0.05, 0.1) is 23.2 Å². The molecule has 25 heavy (non-hydrogen) atoms. The summed E-state index contributed by atoms with van der Waals surface area (Å²) in [6.07, 6.45) is 0. The Morgan fingerprint density at radius 3 is 2.44 bits per heavy atom. The number of benzene rings is 2. The molecule has 2 aromatic carbocycles. The van der Waals surface area contributed by atoms with E-state index in [9.17, 15) is 17.6 Å². The number of nitrogens with one attached hydrogen (secondary N) is 2. The van der Waals surface area contributed by atoms with E-state index in [1.54, 1.807) is 24.3 Å². The Kier molecular flexibility index (Phi) is 6.11. The number of rotatable bonds is 7. The summed E-state index contributed by atoms with van der Waals surface area (Å²) in [5.74, 6) is -0.595. The average molecular weight is 366 g/mol. The lowest BCUT2D eigenvalue weighted by Gasteiger charge is -2.16. The van der Waals surface area contributed by atoms with Crippen molar-refractivity contribution >= 4 is 21.6 Å². The molecule has 8 heteroatoms. The van der Waals surface area contributed by atoms with Gasteiger partial charge in [-0.15, -0.1) is 0 Å². The van der Waals surface area contributed by atoms with E-state index in [-0.39, 0.29) is 4.90 Å². The van der Waals surface area contributed by atoms with Crippen LogP contribution in [0, 0.1) is 5.82 Å². The molecule has 134 valence electrons. The second-order valence-electron chi connectivity index (χ2n) is 5.22. The van der Waals surface area contributed by atoms with E-state index in [1.165, 1.54) is 6.92 Å². The molecule has 0 saturated carbocycles. The van der Waals surface area contributed by atoms with Crippen LogP contribution < -0.4 is 14.8 Å². The normalized spacial score (nSPS) is 12.4. The molecule has 0 aliphatic carbocycles. The molecule has 1 atom stereocenters. The van der Waals surface area contributed by atoms with Crippen LogP contribution in [0.5, 0.6) is 5.75 Å². The van der Waals surface area contributed by atoms with Crippen LogP contribution in [0.1, 0.15) is 13.8 Å². The van der Waals surface area contributed by atoms with Gasteiger partial charge in [0.25, 0.3) is 0 Å². The molecule has 2 rings (SSSR count). The molecular formula is C17H19FN2O4S. The maximum absolute atomic E-state index is 12.9. The van der Waals surface area contributed by atoms with Gasteiger partial charge in [-0.1, -0.05) is 12.1 Å². The Balaban J connectivity index is 2.09. The molecule has 0 aliphatic heterocycles. The van der Waals surface area contributed by atoms with E-state index in [2.05, 4.69) is 10.0 Å². The zero-order valence-electron chi connectivity index (χ0n) is 13.8. The zero-order valence-corrected chi connectivity index (χ0v) is 14.6. The molecule has 0 fully saturated rings. The van der Waals surface area contributed by atoms with Crippen LogP contribution in [-0.2, 0) is 14.8 Å². The molecule has 0 heterocycles. The van der Waals surface area contributed by atoms with Crippen LogP contribution >= 0.6 is 0 Å². The van der Waals surface area contributed by atoms with Crippen molar-refractivity contribution in [2.45, 2.75) is 24.8 Å². The first-order valence-electron chi connectivity index (χ1n) is 7.64. The third kappa shape index (κ3) is 5.01. The van der Waals surface area contributed by atoms with Gasteiger partial charge in [0.15, 0.2) is 0 Å². The van der Waals surface area contributed by atoms with Gasteiger partial charge < -0.3 is 10.1 Å². The molecule has 1 amide bonds. The van der Waals surface area contributed by atoms with E-state index >= 15 is 0 Å². The summed E-state index contributed by atoms with van der Waals surface area (Å²) in [5.41, 5.74) is 0.446. The minimum atomic E-state index is -3.94. The predicted octanol–water partition coefficient (Wildman–Crippen LogP) is 2.53. The van der Waals surface area contributed by atoms with E-state index in [1.807, 2.05) is 6.92 Å². The minimum absolute atomic E-state index is 0.122. The fourth-order valence-corrected chi connectivity index (χ4v) is 3.26. The fraction of sp³-hybridized carbons (Fsp3) is 0.235. The number of hydrogen-bond acceptors (Lipinski definition) is 4. The van der Waals surface area contributed by atoms with Crippen molar-refractivity contribution in [3.05, 3.63) is 54.3 Å². The number of para-hydroxylation sites is 2. The highest BCUT2D eigenvalue weighted by atomic mass is 32.2. The number of sulfonamides is 1. The molecule has 2 aromatic rings. The predicted molar refractivity (Wildman–Crippen MR) is 92.4 cm³/mol. The van der Waals surface area contributed by atoms with Crippen molar-refractivity contribution in [3.63, 3.8) is 0 Å². The lowest BCUT2D eigenvalue weighted by Crippen LogP contribution is -2.41. The first-order valence-corrected chi connectivity index (χ1v) is 9.12. The van der Waals surface area contributed by atoms with E-state index in [4.69, 9.17) is 4.74 Å². The number of hydrogen-bond donors (Lipinski definition) is 2. The summed E-state index contributed by atoms with van der Waals surface area (Å²) in [7, 11) is -3.94. The highest BCUT2D eigenvalue weighted by molar-refractivity contribution is 7.89. The summed E-state index contributed by atoms with van der Waals surface area (Å²) < 4.78 is 45.1. The summed E-state index contributed by atoms with van der Waals surface area (Å²) >= 11 is 0. The summed E-state index contributed by atoms with van der Waals surface area (Å²) in [5, 5.41) is 2.63. The summed E-state index contributed by atoms with van der Waals surface area (Å²) in [4.78, 5) is 12.2. The topological polar surface area (TPSA) is 84.5 Å². The molecule has 0 radical (unpaired) electrons.